The number of rotatable bonds is 6. The van der Waals surface area contributed by atoms with Gasteiger partial charge in [0.1, 0.15) is 11.5 Å². The lowest BCUT2D eigenvalue weighted by Gasteiger charge is -2.22. The number of hydrazine groups is 1. The van der Waals surface area contributed by atoms with Crippen LogP contribution in [0, 0.1) is 0 Å². The zero-order valence-electron chi connectivity index (χ0n) is 12.6. The van der Waals surface area contributed by atoms with Gasteiger partial charge in [-0.3, -0.25) is 10.8 Å². The van der Waals surface area contributed by atoms with Crippen LogP contribution in [0.25, 0.3) is 0 Å². The molecule has 1 unspecified atom stereocenters. The van der Waals surface area contributed by atoms with Gasteiger partial charge in [0.15, 0.2) is 0 Å². The number of aromatic nitrogens is 1. The van der Waals surface area contributed by atoms with Crippen molar-refractivity contribution in [2.45, 2.75) is 19.4 Å². The largest absolute Gasteiger partial charge is 0.497 e. The molecule has 112 valence electrons. The minimum Gasteiger partial charge on any atom is -0.497 e. The normalized spacial score (nSPS) is 12.0. The minimum absolute atomic E-state index is 0.187. The molecule has 0 radical (unpaired) electrons. The van der Waals surface area contributed by atoms with E-state index >= 15 is 0 Å². The Bertz CT molecular complexity index is 602. The molecule has 5 heteroatoms. The zero-order chi connectivity index (χ0) is 15.2. The number of nitrogens with zero attached hydrogens (tertiary/aromatic N) is 1. The van der Waals surface area contributed by atoms with Crippen LogP contribution >= 0.6 is 0 Å². The van der Waals surface area contributed by atoms with Gasteiger partial charge >= 0.3 is 0 Å². The predicted molar refractivity (Wildman–Crippen MR) is 82.3 cm³/mol. The molecule has 0 saturated heterocycles. The number of ether oxygens (including phenoxy) is 2. The molecule has 2 aromatic rings. The first-order valence-corrected chi connectivity index (χ1v) is 6.86. The number of benzene rings is 1. The molecule has 0 fully saturated rings. The summed E-state index contributed by atoms with van der Waals surface area (Å²) in [6, 6.07) is 7.47. The second-order valence-corrected chi connectivity index (χ2v) is 4.64. The van der Waals surface area contributed by atoms with E-state index < -0.39 is 0 Å². The highest BCUT2D eigenvalue weighted by atomic mass is 16.5. The van der Waals surface area contributed by atoms with Gasteiger partial charge in [0.25, 0.3) is 0 Å². The number of hydrogen-bond donors (Lipinski definition) is 2. The molecule has 2 rings (SSSR count). The Morgan fingerprint density at radius 1 is 1.19 bits per heavy atom. The molecule has 1 atom stereocenters. The van der Waals surface area contributed by atoms with E-state index in [9.17, 15) is 0 Å². The zero-order valence-corrected chi connectivity index (χ0v) is 12.6. The summed E-state index contributed by atoms with van der Waals surface area (Å²) in [6.07, 6.45) is 4.52. The third-order valence-electron chi connectivity index (χ3n) is 3.55. The van der Waals surface area contributed by atoms with Crippen LogP contribution in [0.15, 0.2) is 36.7 Å². The maximum atomic E-state index is 5.81. The molecule has 3 N–H and O–H groups in total. The van der Waals surface area contributed by atoms with E-state index in [-0.39, 0.29) is 6.04 Å². The molecule has 0 aliphatic heterocycles. The van der Waals surface area contributed by atoms with Crippen molar-refractivity contribution < 1.29 is 9.47 Å². The number of nitrogens with two attached hydrogens (primary N) is 1. The van der Waals surface area contributed by atoms with Gasteiger partial charge < -0.3 is 9.47 Å². The van der Waals surface area contributed by atoms with Crippen molar-refractivity contribution in [3.05, 3.63) is 53.3 Å². The Labute approximate surface area is 125 Å². The van der Waals surface area contributed by atoms with Crippen molar-refractivity contribution in [2.24, 2.45) is 5.84 Å². The molecule has 0 aliphatic rings. The number of aryl methyl sites for hydroxylation is 1. The fourth-order valence-electron chi connectivity index (χ4n) is 2.43. The average molecular weight is 287 g/mol. The first-order valence-electron chi connectivity index (χ1n) is 6.86. The van der Waals surface area contributed by atoms with Crippen LogP contribution in [0.4, 0.5) is 0 Å². The van der Waals surface area contributed by atoms with Crippen molar-refractivity contribution in [3.63, 3.8) is 0 Å². The highest BCUT2D eigenvalue weighted by Crippen LogP contribution is 2.33. The van der Waals surface area contributed by atoms with Crippen LogP contribution in [0.1, 0.15) is 29.7 Å². The van der Waals surface area contributed by atoms with E-state index in [0.717, 1.165) is 34.6 Å². The number of hydrogen-bond acceptors (Lipinski definition) is 5. The van der Waals surface area contributed by atoms with Crippen LogP contribution in [-0.2, 0) is 6.42 Å². The van der Waals surface area contributed by atoms with Gasteiger partial charge in [0.2, 0.25) is 0 Å². The summed E-state index contributed by atoms with van der Waals surface area (Å²) >= 11 is 0. The maximum absolute atomic E-state index is 5.81. The second-order valence-electron chi connectivity index (χ2n) is 4.64. The van der Waals surface area contributed by atoms with Gasteiger partial charge in [-0.15, -0.1) is 0 Å². The van der Waals surface area contributed by atoms with Gasteiger partial charge in [0.05, 0.1) is 20.3 Å². The van der Waals surface area contributed by atoms with Crippen molar-refractivity contribution in [1.82, 2.24) is 10.4 Å². The summed E-state index contributed by atoms with van der Waals surface area (Å²) in [5.74, 6) is 7.33. The monoisotopic (exact) mass is 287 g/mol. The summed E-state index contributed by atoms with van der Waals surface area (Å²) in [5.41, 5.74) is 6.03. The lowest BCUT2D eigenvalue weighted by molar-refractivity contribution is 0.394. The molecule has 0 saturated carbocycles. The van der Waals surface area contributed by atoms with Gasteiger partial charge in [0, 0.05) is 18.0 Å². The van der Waals surface area contributed by atoms with E-state index in [1.807, 2.05) is 30.5 Å². The Balaban J connectivity index is 2.55. The van der Waals surface area contributed by atoms with E-state index in [1.165, 1.54) is 0 Å². The summed E-state index contributed by atoms with van der Waals surface area (Å²) < 4.78 is 10.8. The third-order valence-corrected chi connectivity index (χ3v) is 3.55. The molecule has 0 bridgehead atoms. The van der Waals surface area contributed by atoms with Gasteiger partial charge in [-0.1, -0.05) is 6.92 Å². The smallest absolute Gasteiger partial charge is 0.124 e. The molecule has 0 spiro atoms. The predicted octanol–water partition coefficient (Wildman–Crippen LogP) is 2.21. The SMILES string of the molecule is CCc1cnccc1C(NN)c1cc(OC)ccc1OC. The van der Waals surface area contributed by atoms with Crippen LogP contribution < -0.4 is 20.7 Å². The van der Waals surface area contributed by atoms with E-state index in [2.05, 4.69) is 17.3 Å². The molecule has 0 amide bonds. The Morgan fingerprint density at radius 2 is 2.00 bits per heavy atom. The number of pyridine rings is 1. The first-order chi connectivity index (χ1) is 10.2. The lowest BCUT2D eigenvalue weighted by Crippen LogP contribution is -2.30. The average Bonchev–Trinajstić information content (AvgIpc) is 2.55. The second kappa shape index (κ2) is 7.06. The number of nitrogens with one attached hydrogen (secondary N) is 1. The summed E-state index contributed by atoms with van der Waals surface area (Å²) in [5, 5.41) is 0. The molecular formula is C16H21N3O2. The van der Waals surface area contributed by atoms with E-state index in [1.54, 1.807) is 20.4 Å². The Kier molecular flexibility index (Phi) is 5.14. The third kappa shape index (κ3) is 3.15. The fourth-order valence-corrected chi connectivity index (χ4v) is 2.43. The van der Waals surface area contributed by atoms with Crippen LogP contribution in [0.5, 0.6) is 11.5 Å². The van der Waals surface area contributed by atoms with Crippen LogP contribution in [0.2, 0.25) is 0 Å². The van der Waals surface area contributed by atoms with Gasteiger partial charge in [-0.2, -0.15) is 0 Å². The van der Waals surface area contributed by atoms with Gasteiger partial charge in [-0.25, -0.2) is 5.43 Å². The molecule has 1 aromatic heterocycles. The van der Waals surface area contributed by atoms with Crippen molar-refractivity contribution in [3.8, 4) is 11.5 Å². The van der Waals surface area contributed by atoms with E-state index in [0.29, 0.717) is 0 Å². The summed E-state index contributed by atoms with van der Waals surface area (Å²) in [7, 11) is 3.28. The highest BCUT2D eigenvalue weighted by Gasteiger charge is 2.20. The Hall–Kier alpha value is -2.11. The molecule has 0 aliphatic carbocycles. The number of methoxy groups -OCH3 is 2. The van der Waals surface area contributed by atoms with Crippen molar-refractivity contribution in [1.29, 1.82) is 0 Å². The topological polar surface area (TPSA) is 69.4 Å². The molecule has 5 nitrogen and oxygen atoms in total. The van der Waals surface area contributed by atoms with Crippen LogP contribution in [-0.4, -0.2) is 19.2 Å². The van der Waals surface area contributed by atoms with Crippen LogP contribution in [0.3, 0.4) is 0 Å². The molecular weight excluding hydrogens is 266 g/mol. The van der Waals surface area contributed by atoms with Crippen molar-refractivity contribution >= 4 is 0 Å². The van der Waals surface area contributed by atoms with E-state index in [4.69, 9.17) is 15.3 Å². The maximum Gasteiger partial charge on any atom is 0.124 e. The minimum atomic E-state index is -0.187. The molecule has 1 heterocycles. The Morgan fingerprint density at radius 3 is 2.62 bits per heavy atom. The molecule has 21 heavy (non-hydrogen) atoms. The summed E-state index contributed by atoms with van der Waals surface area (Å²) in [6.45, 7) is 2.09. The molecule has 1 aromatic carbocycles. The lowest BCUT2D eigenvalue weighted by atomic mass is 9.94. The standard InChI is InChI=1S/C16H21N3O2/c1-4-11-10-18-8-7-13(11)16(19-17)14-9-12(20-2)5-6-15(14)21-3/h5-10,16,19H,4,17H2,1-3H3. The van der Waals surface area contributed by atoms with Crippen molar-refractivity contribution in [2.75, 3.05) is 14.2 Å². The first kappa shape index (κ1) is 15.3. The summed E-state index contributed by atoms with van der Waals surface area (Å²) in [4.78, 5) is 4.18. The highest BCUT2D eigenvalue weighted by molar-refractivity contribution is 5.47. The van der Waals surface area contributed by atoms with Gasteiger partial charge in [-0.05, 0) is 41.8 Å². The fraction of sp³-hybridized carbons (Fsp3) is 0.312. The quantitative estimate of drug-likeness (QED) is 0.630.